The second-order valence-corrected chi connectivity index (χ2v) is 8.22. The van der Waals surface area contributed by atoms with Crippen molar-refractivity contribution in [2.24, 2.45) is 0 Å². The molecule has 4 atom stereocenters. The predicted molar refractivity (Wildman–Crippen MR) is 112 cm³/mol. The first-order chi connectivity index (χ1) is 14.4. The van der Waals surface area contributed by atoms with Gasteiger partial charge in [-0.2, -0.15) is 0 Å². The molecule has 0 amide bonds. The molecule has 4 heterocycles. The van der Waals surface area contributed by atoms with E-state index >= 15 is 0 Å². The number of rotatable bonds is 3. The van der Waals surface area contributed by atoms with E-state index in [0.717, 1.165) is 19.3 Å². The van der Waals surface area contributed by atoms with Gasteiger partial charge in [-0.15, -0.1) is 0 Å². The molecule has 2 aromatic heterocycles. The van der Waals surface area contributed by atoms with Gasteiger partial charge < -0.3 is 19.7 Å². The summed E-state index contributed by atoms with van der Waals surface area (Å²) in [5.74, 6) is 0.864. The molecule has 2 aliphatic rings. The molecule has 2 N–H and O–H groups in total. The van der Waals surface area contributed by atoms with Crippen molar-refractivity contribution in [1.82, 2.24) is 15.3 Å². The number of hydrogen-bond acceptors (Lipinski definition) is 7. The monoisotopic (exact) mass is 410 g/mol. The summed E-state index contributed by atoms with van der Waals surface area (Å²) in [4.78, 5) is 23.0. The van der Waals surface area contributed by atoms with Crippen molar-refractivity contribution < 1.29 is 13.9 Å². The Hall–Kier alpha value is -3.00. The van der Waals surface area contributed by atoms with Gasteiger partial charge in [-0.05, 0) is 38.3 Å². The van der Waals surface area contributed by atoms with Crippen molar-refractivity contribution in [3.05, 3.63) is 46.6 Å². The van der Waals surface area contributed by atoms with Gasteiger partial charge in [-0.3, -0.25) is 9.78 Å². The molecule has 0 radical (unpaired) electrons. The highest BCUT2D eigenvalue weighted by atomic mass is 19.1. The summed E-state index contributed by atoms with van der Waals surface area (Å²) in [5.41, 5.74) is 0.823. The number of fused-ring (bicyclic) bond motifs is 3. The SMILES string of the molecule is Cc1cc(=O)c2c(O)c(-c3cnc(N(C)[C@@H]4CC5CCC(N5)[C@@H]4F)cn3)ccc2o1. The first-order valence-corrected chi connectivity index (χ1v) is 10.1. The van der Waals surface area contributed by atoms with Crippen LogP contribution in [0.1, 0.15) is 25.0 Å². The van der Waals surface area contributed by atoms with Crippen LogP contribution in [0.15, 0.2) is 39.8 Å². The molecule has 0 saturated carbocycles. The maximum atomic E-state index is 14.9. The topological polar surface area (TPSA) is 91.5 Å². The van der Waals surface area contributed by atoms with Crippen LogP contribution in [-0.2, 0) is 0 Å². The first kappa shape index (κ1) is 19.0. The summed E-state index contributed by atoms with van der Waals surface area (Å²) in [7, 11) is 1.84. The summed E-state index contributed by atoms with van der Waals surface area (Å²) in [6.45, 7) is 1.68. The van der Waals surface area contributed by atoms with Crippen LogP contribution >= 0.6 is 0 Å². The molecular formula is C22H23FN4O3. The number of aryl methyl sites for hydroxylation is 1. The van der Waals surface area contributed by atoms with Gasteiger partial charge in [0.25, 0.3) is 0 Å². The second-order valence-electron chi connectivity index (χ2n) is 8.22. The average Bonchev–Trinajstić information content (AvgIpc) is 3.14. The van der Waals surface area contributed by atoms with Gasteiger partial charge in [0.1, 0.15) is 34.5 Å². The summed E-state index contributed by atoms with van der Waals surface area (Å²) >= 11 is 0. The summed E-state index contributed by atoms with van der Waals surface area (Å²) < 4.78 is 20.4. The van der Waals surface area contributed by atoms with E-state index in [-0.39, 0.29) is 28.6 Å². The van der Waals surface area contributed by atoms with E-state index in [1.807, 2.05) is 11.9 Å². The van der Waals surface area contributed by atoms with Crippen LogP contribution < -0.4 is 15.6 Å². The molecule has 3 aromatic rings. The number of benzene rings is 1. The number of piperidine rings is 1. The molecule has 0 spiro atoms. The predicted octanol–water partition coefficient (Wildman–Crippen LogP) is 2.93. The summed E-state index contributed by atoms with van der Waals surface area (Å²) in [5, 5.41) is 14.1. The van der Waals surface area contributed by atoms with Crippen molar-refractivity contribution in [3.8, 4) is 17.0 Å². The zero-order valence-corrected chi connectivity index (χ0v) is 16.8. The van der Waals surface area contributed by atoms with Crippen LogP contribution in [0.4, 0.5) is 10.2 Å². The minimum absolute atomic E-state index is 0.0895. The molecule has 2 saturated heterocycles. The third kappa shape index (κ3) is 3.02. The quantitative estimate of drug-likeness (QED) is 0.686. The number of alkyl halides is 1. The van der Waals surface area contributed by atoms with Crippen LogP contribution in [-0.4, -0.2) is 46.4 Å². The maximum absolute atomic E-state index is 14.9. The molecule has 30 heavy (non-hydrogen) atoms. The fourth-order valence-electron chi connectivity index (χ4n) is 4.72. The zero-order valence-electron chi connectivity index (χ0n) is 16.8. The van der Waals surface area contributed by atoms with Gasteiger partial charge in [-0.1, -0.05) is 0 Å². The number of anilines is 1. The number of aromatic nitrogens is 2. The molecule has 0 aliphatic carbocycles. The van der Waals surface area contributed by atoms with E-state index in [4.69, 9.17) is 4.42 Å². The van der Waals surface area contributed by atoms with Crippen LogP contribution in [0.3, 0.4) is 0 Å². The van der Waals surface area contributed by atoms with Crippen LogP contribution in [0.2, 0.25) is 0 Å². The highest BCUT2D eigenvalue weighted by molar-refractivity contribution is 5.90. The van der Waals surface area contributed by atoms with E-state index in [9.17, 15) is 14.3 Å². The van der Waals surface area contributed by atoms with Crippen molar-refractivity contribution in [2.75, 3.05) is 11.9 Å². The fourth-order valence-corrected chi connectivity index (χ4v) is 4.72. The number of nitrogens with one attached hydrogen (secondary N) is 1. The van der Waals surface area contributed by atoms with Gasteiger partial charge in [0.2, 0.25) is 0 Å². The van der Waals surface area contributed by atoms with Gasteiger partial charge >= 0.3 is 0 Å². The molecule has 8 heteroatoms. The molecule has 2 bridgehead atoms. The zero-order chi connectivity index (χ0) is 21.0. The van der Waals surface area contributed by atoms with Gasteiger partial charge in [-0.25, -0.2) is 9.37 Å². The highest BCUT2D eigenvalue weighted by Crippen LogP contribution is 2.35. The van der Waals surface area contributed by atoms with E-state index in [1.54, 1.807) is 25.3 Å². The minimum atomic E-state index is -0.956. The van der Waals surface area contributed by atoms with E-state index in [0.29, 0.717) is 34.5 Å². The molecule has 156 valence electrons. The Bertz CT molecular complexity index is 1160. The third-order valence-corrected chi connectivity index (χ3v) is 6.32. The molecular weight excluding hydrogens is 387 g/mol. The Balaban J connectivity index is 1.45. The van der Waals surface area contributed by atoms with E-state index in [2.05, 4.69) is 15.3 Å². The number of phenolic OH excluding ortho intramolecular Hbond substituents is 1. The largest absolute Gasteiger partial charge is 0.506 e. The minimum Gasteiger partial charge on any atom is -0.506 e. The van der Waals surface area contributed by atoms with Crippen molar-refractivity contribution in [1.29, 1.82) is 0 Å². The number of phenols is 1. The smallest absolute Gasteiger partial charge is 0.196 e. The lowest BCUT2D eigenvalue weighted by molar-refractivity contribution is 0.176. The third-order valence-electron chi connectivity index (χ3n) is 6.32. The number of hydrogen-bond donors (Lipinski definition) is 2. The Morgan fingerprint density at radius 1 is 1.27 bits per heavy atom. The van der Waals surface area contributed by atoms with Gasteiger partial charge in [0, 0.05) is 30.8 Å². The number of halogens is 1. The summed E-state index contributed by atoms with van der Waals surface area (Å²) in [6.07, 6.45) is 4.77. The normalized spacial score (nSPS) is 25.6. The Morgan fingerprint density at radius 2 is 2.10 bits per heavy atom. The Labute approximate surface area is 172 Å². The van der Waals surface area contributed by atoms with E-state index in [1.165, 1.54) is 12.3 Å². The van der Waals surface area contributed by atoms with Crippen molar-refractivity contribution >= 4 is 16.8 Å². The fraction of sp³-hybridized carbons (Fsp3) is 0.409. The van der Waals surface area contributed by atoms with Crippen LogP contribution in [0.25, 0.3) is 22.2 Å². The highest BCUT2D eigenvalue weighted by Gasteiger charge is 2.43. The number of aromatic hydroxyl groups is 1. The van der Waals surface area contributed by atoms with Crippen LogP contribution in [0, 0.1) is 6.92 Å². The van der Waals surface area contributed by atoms with Gasteiger partial charge in [0.05, 0.1) is 24.1 Å². The number of nitrogens with zero attached hydrogens (tertiary/aromatic N) is 3. The molecule has 1 aromatic carbocycles. The van der Waals surface area contributed by atoms with Crippen molar-refractivity contribution in [3.63, 3.8) is 0 Å². The molecule has 2 aliphatic heterocycles. The second kappa shape index (κ2) is 7.05. The standard InChI is InChI=1S/C22H23FN4O3/c1-11-7-17(28)20-18(30-11)6-4-13(22(20)29)15-9-25-19(10-24-15)27(2)16-8-12-3-5-14(26-12)21(16)23/h4,6-7,9-10,12,14,16,21,26,29H,3,5,8H2,1-2H3/t12?,14?,16-,21+/m1/s1. The Kier molecular flexibility index (Phi) is 4.47. The first-order valence-electron chi connectivity index (χ1n) is 10.1. The maximum Gasteiger partial charge on any atom is 0.196 e. The molecule has 5 rings (SSSR count). The lowest BCUT2D eigenvalue weighted by Crippen LogP contribution is -2.55. The molecule has 2 fully saturated rings. The van der Waals surface area contributed by atoms with Gasteiger partial charge in [0.15, 0.2) is 5.43 Å². The van der Waals surface area contributed by atoms with Crippen molar-refractivity contribution in [2.45, 2.75) is 50.5 Å². The molecule has 2 unspecified atom stereocenters. The molecule has 7 nitrogen and oxygen atoms in total. The lowest BCUT2D eigenvalue weighted by atomic mass is 9.96. The lowest BCUT2D eigenvalue weighted by Gasteiger charge is -2.38. The average molecular weight is 410 g/mol. The van der Waals surface area contributed by atoms with Crippen LogP contribution in [0.5, 0.6) is 5.75 Å². The van der Waals surface area contributed by atoms with E-state index < -0.39 is 6.17 Å². The summed E-state index contributed by atoms with van der Waals surface area (Å²) in [6, 6.07) is 4.65. The Morgan fingerprint density at radius 3 is 2.87 bits per heavy atom.